The number of benzene rings is 1. The van der Waals surface area contributed by atoms with E-state index in [9.17, 15) is 4.79 Å². The van der Waals surface area contributed by atoms with Crippen molar-refractivity contribution in [2.45, 2.75) is 6.42 Å². The van der Waals surface area contributed by atoms with Gasteiger partial charge in [-0.25, -0.2) is 4.98 Å². The summed E-state index contributed by atoms with van der Waals surface area (Å²) in [6.07, 6.45) is 0.0976. The van der Waals surface area contributed by atoms with Crippen molar-refractivity contribution in [2.75, 3.05) is 7.11 Å². The summed E-state index contributed by atoms with van der Waals surface area (Å²) in [5.74, 6) is 0.177. The van der Waals surface area contributed by atoms with Gasteiger partial charge in [-0.1, -0.05) is 23.2 Å². The Bertz CT molecular complexity index is 512. The first-order chi connectivity index (χ1) is 7.60. The molecule has 6 heteroatoms. The van der Waals surface area contributed by atoms with E-state index in [0.29, 0.717) is 21.4 Å². The van der Waals surface area contributed by atoms with Crippen LogP contribution in [0.15, 0.2) is 12.1 Å². The summed E-state index contributed by atoms with van der Waals surface area (Å²) in [4.78, 5) is 18.2. The van der Waals surface area contributed by atoms with Crippen LogP contribution in [-0.4, -0.2) is 23.0 Å². The predicted molar refractivity (Wildman–Crippen MR) is 61.8 cm³/mol. The Balaban J connectivity index is 2.40. The van der Waals surface area contributed by atoms with Gasteiger partial charge >= 0.3 is 5.97 Å². The number of nitrogens with one attached hydrogen (secondary N) is 1. The Kier molecular flexibility index (Phi) is 3.03. The van der Waals surface area contributed by atoms with Crippen LogP contribution in [0.2, 0.25) is 10.0 Å². The molecule has 84 valence electrons. The van der Waals surface area contributed by atoms with Crippen LogP contribution in [0.4, 0.5) is 0 Å². The Hall–Kier alpha value is -1.26. The monoisotopic (exact) mass is 258 g/mol. The average Bonchev–Trinajstić information content (AvgIpc) is 2.60. The molecule has 0 aliphatic rings. The molecule has 0 saturated carbocycles. The quantitative estimate of drug-likeness (QED) is 0.843. The zero-order valence-electron chi connectivity index (χ0n) is 8.38. The normalized spacial score (nSPS) is 10.7. The molecule has 0 saturated heterocycles. The highest BCUT2D eigenvalue weighted by Gasteiger charge is 2.09. The molecular weight excluding hydrogens is 251 g/mol. The van der Waals surface area contributed by atoms with Gasteiger partial charge in [0, 0.05) is 0 Å². The van der Waals surface area contributed by atoms with Gasteiger partial charge in [0.25, 0.3) is 0 Å². The molecule has 0 amide bonds. The topological polar surface area (TPSA) is 55.0 Å². The van der Waals surface area contributed by atoms with Gasteiger partial charge in [-0.15, -0.1) is 0 Å². The number of aromatic nitrogens is 2. The van der Waals surface area contributed by atoms with E-state index >= 15 is 0 Å². The Morgan fingerprint density at radius 3 is 2.81 bits per heavy atom. The molecule has 16 heavy (non-hydrogen) atoms. The molecule has 1 aromatic heterocycles. The maximum absolute atomic E-state index is 11.1. The van der Waals surface area contributed by atoms with E-state index in [0.717, 1.165) is 5.52 Å². The fraction of sp³-hybridized carbons (Fsp3) is 0.200. The van der Waals surface area contributed by atoms with Crippen LogP contribution in [0.3, 0.4) is 0 Å². The van der Waals surface area contributed by atoms with E-state index in [1.54, 1.807) is 12.1 Å². The highest BCUT2D eigenvalue weighted by Crippen LogP contribution is 2.26. The number of nitrogens with zero attached hydrogens (tertiary/aromatic N) is 1. The molecule has 1 heterocycles. The zero-order chi connectivity index (χ0) is 11.7. The number of methoxy groups -OCH3 is 1. The molecule has 0 spiro atoms. The summed E-state index contributed by atoms with van der Waals surface area (Å²) >= 11 is 11.7. The minimum Gasteiger partial charge on any atom is -0.469 e. The Morgan fingerprint density at radius 2 is 2.12 bits per heavy atom. The van der Waals surface area contributed by atoms with Crippen molar-refractivity contribution >= 4 is 40.2 Å². The number of hydrogen-bond donors (Lipinski definition) is 1. The second kappa shape index (κ2) is 4.31. The van der Waals surface area contributed by atoms with Crippen LogP contribution < -0.4 is 0 Å². The fourth-order valence-electron chi connectivity index (χ4n) is 1.35. The van der Waals surface area contributed by atoms with E-state index in [1.807, 2.05) is 0 Å². The summed E-state index contributed by atoms with van der Waals surface area (Å²) in [7, 11) is 1.33. The fourth-order valence-corrected chi connectivity index (χ4v) is 1.67. The number of aromatic amines is 1. The molecule has 0 bridgehead atoms. The first-order valence-corrected chi connectivity index (χ1v) is 5.26. The third-order valence-corrected chi connectivity index (χ3v) is 2.83. The van der Waals surface area contributed by atoms with Crippen LogP contribution in [0.5, 0.6) is 0 Å². The summed E-state index contributed by atoms with van der Waals surface area (Å²) in [6.45, 7) is 0. The number of carbonyl (C=O) groups is 1. The number of ether oxygens (including phenoxy) is 1. The number of H-pyrrole nitrogens is 1. The number of imidazole rings is 1. The van der Waals surface area contributed by atoms with Gasteiger partial charge in [0.2, 0.25) is 0 Å². The lowest BCUT2D eigenvalue weighted by Gasteiger charge is -1.93. The number of halogens is 2. The molecule has 0 aliphatic heterocycles. The standard InChI is InChI=1S/C10H8Cl2N2O2/c1-16-10(15)4-9-13-7-2-5(11)6(12)3-8(7)14-9/h2-3H,4H2,1H3,(H,13,14). The molecule has 2 aromatic rings. The van der Waals surface area contributed by atoms with Crippen molar-refractivity contribution in [2.24, 2.45) is 0 Å². The molecule has 0 fully saturated rings. The minimum atomic E-state index is -0.351. The van der Waals surface area contributed by atoms with Crippen molar-refractivity contribution in [1.29, 1.82) is 0 Å². The number of esters is 1. The maximum atomic E-state index is 11.1. The molecule has 0 aliphatic carbocycles. The average molecular weight is 259 g/mol. The van der Waals surface area contributed by atoms with Crippen LogP contribution >= 0.6 is 23.2 Å². The van der Waals surface area contributed by atoms with Gasteiger partial charge in [-0.05, 0) is 12.1 Å². The lowest BCUT2D eigenvalue weighted by Crippen LogP contribution is -2.05. The van der Waals surface area contributed by atoms with Crippen molar-refractivity contribution < 1.29 is 9.53 Å². The van der Waals surface area contributed by atoms with Crippen molar-refractivity contribution in [1.82, 2.24) is 9.97 Å². The van der Waals surface area contributed by atoms with Crippen LogP contribution in [-0.2, 0) is 16.0 Å². The Morgan fingerprint density at radius 1 is 1.44 bits per heavy atom. The maximum Gasteiger partial charge on any atom is 0.313 e. The highest BCUT2D eigenvalue weighted by molar-refractivity contribution is 6.42. The molecule has 4 nitrogen and oxygen atoms in total. The van der Waals surface area contributed by atoms with Gasteiger partial charge in [-0.3, -0.25) is 4.79 Å². The van der Waals surface area contributed by atoms with E-state index < -0.39 is 0 Å². The number of rotatable bonds is 2. The molecular formula is C10H8Cl2N2O2. The van der Waals surface area contributed by atoms with Gasteiger partial charge < -0.3 is 9.72 Å². The molecule has 2 rings (SSSR count). The number of fused-ring (bicyclic) bond motifs is 1. The van der Waals surface area contributed by atoms with Crippen molar-refractivity contribution in [3.63, 3.8) is 0 Å². The third-order valence-electron chi connectivity index (χ3n) is 2.11. The smallest absolute Gasteiger partial charge is 0.313 e. The van der Waals surface area contributed by atoms with Crippen molar-refractivity contribution in [3.8, 4) is 0 Å². The number of hydrogen-bond acceptors (Lipinski definition) is 3. The van der Waals surface area contributed by atoms with Crippen LogP contribution in [0.1, 0.15) is 5.82 Å². The highest BCUT2D eigenvalue weighted by atomic mass is 35.5. The second-order valence-corrected chi connectivity index (χ2v) is 4.03. The van der Waals surface area contributed by atoms with E-state index in [4.69, 9.17) is 23.2 Å². The lowest BCUT2D eigenvalue weighted by molar-refractivity contribution is -0.139. The van der Waals surface area contributed by atoms with Gasteiger partial charge in [0.1, 0.15) is 12.2 Å². The molecule has 1 aromatic carbocycles. The lowest BCUT2D eigenvalue weighted by atomic mass is 10.3. The third kappa shape index (κ3) is 2.13. The van der Waals surface area contributed by atoms with Gasteiger partial charge in [-0.2, -0.15) is 0 Å². The molecule has 0 unspecified atom stereocenters. The van der Waals surface area contributed by atoms with E-state index in [2.05, 4.69) is 14.7 Å². The largest absolute Gasteiger partial charge is 0.469 e. The molecule has 1 N–H and O–H groups in total. The van der Waals surface area contributed by atoms with Gasteiger partial charge in [0.05, 0.1) is 28.2 Å². The first-order valence-electron chi connectivity index (χ1n) is 4.50. The summed E-state index contributed by atoms with van der Waals surface area (Å²) in [5.41, 5.74) is 1.42. The summed E-state index contributed by atoms with van der Waals surface area (Å²) in [5, 5.41) is 0.882. The second-order valence-electron chi connectivity index (χ2n) is 3.22. The molecule has 0 atom stereocenters. The Labute approximate surface area is 102 Å². The van der Waals surface area contributed by atoms with Crippen LogP contribution in [0, 0.1) is 0 Å². The predicted octanol–water partition coefficient (Wildman–Crippen LogP) is 2.59. The van der Waals surface area contributed by atoms with E-state index in [1.165, 1.54) is 7.11 Å². The summed E-state index contributed by atoms with van der Waals surface area (Å²) in [6, 6.07) is 3.32. The van der Waals surface area contributed by atoms with Crippen LogP contribution in [0.25, 0.3) is 11.0 Å². The van der Waals surface area contributed by atoms with Crippen molar-refractivity contribution in [3.05, 3.63) is 28.0 Å². The summed E-state index contributed by atoms with van der Waals surface area (Å²) < 4.78 is 4.55. The van der Waals surface area contributed by atoms with Gasteiger partial charge in [0.15, 0.2) is 0 Å². The number of carbonyl (C=O) groups excluding carboxylic acids is 1. The zero-order valence-corrected chi connectivity index (χ0v) is 9.89. The molecule has 0 radical (unpaired) electrons. The first kappa shape index (κ1) is 11.2. The SMILES string of the molecule is COC(=O)Cc1nc2cc(Cl)c(Cl)cc2[nH]1. The van der Waals surface area contributed by atoms with E-state index in [-0.39, 0.29) is 12.4 Å². The minimum absolute atomic E-state index is 0.0976.